The Labute approximate surface area is 118 Å². The lowest BCUT2D eigenvalue weighted by Gasteiger charge is -2.10. The van der Waals surface area contributed by atoms with Crippen molar-refractivity contribution in [3.63, 3.8) is 0 Å². The minimum Gasteiger partial charge on any atom is -0.0616 e. The molecule has 4 aromatic carbocycles. The van der Waals surface area contributed by atoms with Crippen molar-refractivity contribution in [2.24, 2.45) is 0 Å². The molecule has 0 amide bonds. The van der Waals surface area contributed by atoms with Gasteiger partial charge in [-0.15, -0.1) is 0 Å². The van der Waals surface area contributed by atoms with E-state index >= 15 is 0 Å². The van der Waals surface area contributed by atoms with Crippen molar-refractivity contribution in [3.05, 3.63) is 71.8 Å². The largest absolute Gasteiger partial charge is 0.0616 e. The quantitative estimate of drug-likeness (QED) is 0.277. The predicted molar refractivity (Wildman–Crippen MR) is 88.4 cm³/mol. The zero-order chi connectivity index (χ0) is 13.7. The van der Waals surface area contributed by atoms with Crippen molar-refractivity contribution in [1.29, 1.82) is 0 Å². The monoisotopic (exact) mass is 256 g/mol. The van der Waals surface area contributed by atoms with Gasteiger partial charge in [0.05, 0.1) is 0 Å². The van der Waals surface area contributed by atoms with Crippen molar-refractivity contribution >= 4 is 32.3 Å². The maximum Gasteiger partial charge on any atom is -0.00989 e. The average Bonchev–Trinajstić information content (AvgIpc) is 2.48. The number of benzene rings is 4. The molecule has 0 radical (unpaired) electrons. The summed E-state index contributed by atoms with van der Waals surface area (Å²) in [5.41, 5.74) is 2.75. The summed E-state index contributed by atoms with van der Waals surface area (Å²) < 4.78 is 0. The van der Waals surface area contributed by atoms with E-state index in [1.165, 1.54) is 43.4 Å². The van der Waals surface area contributed by atoms with Gasteiger partial charge in [-0.25, -0.2) is 0 Å². The fourth-order valence-corrected chi connectivity index (χ4v) is 3.09. The molecule has 20 heavy (non-hydrogen) atoms. The van der Waals surface area contributed by atoms with Gasteiger partial charge in [0, 0.05) is 0 Å². The van der Waals surface area contributed by atoms with Gasteiger partial charge in [0.25, 0.3) is 0 Å². The number of rotatable bonds is 0. The number of hydrogen-bond acceptors (Lipinski definition) is 0. The second-order valence-electron chi connectivity index (χ2n) is 5.59. The summed E-state index contributed by atoms with van der Waals surface area (Å²) in [6.45, 7) is 4.39. The van der Waals surface area contributed by atoms with Crippen LogP contribution in [-0.2, 0) is 0 Å². The van der Waals surface area contributed by atoms with Crippen LogP contribution in [0, 0.1) is 13.8 Å². The van der Waals surface area contributed by atoms with Crippen molar-refractivity contribution in [1.82, 2.24) is 0 Å². The molecule has 0 unspecified atom stereocenters. The molecule has 0 aliphatic heterocycles. The molecule has 96 valence electrons. The summed E-state index contributed by atoms with van der Waals surface area (Å²) in [7, 11) is 0. The zero-order valence-electron chi connectivity index (χ0n) is 11.8. The smallest absolute Gasteiger partial charge is 0.00989 e. The number of hydrogen-bond donors (Lipinski definition) is 0. The number of aryl methyl sites for hydroxylation is 2. The lowest BCUT2D eigenvalue weighted by Crippen LogP contribution is -1.85. The van der Waals surface area contributed by atoms with Crippen LogP contribution in [0.4, 0.5) is 0 Å². The van der Waals surface area contributed by atoms with E-state index in [1.807, 2.05) is 0 Å². The normalized spacial score (nSPS) is 11.5. The highest BCUT2D eigenvalue weighted by molar-refractivity contribution is 6.12. The van der Waals surface area contributed by atoms with Crippen molar-refractivity contribution in [2.75, 3.05) is 0 Å². The Balaban J connectivity index is 2.24. The Morgan fingerprint density at radius 3 is 2.05 bits per heavy atom. The molecular formula is C20H16. The van der Waals surface area contributed by atoms with Gasteiger partial charge < -0.3 is 0 Å². The van der Waals surface area contributed by atoms with Crippen LogP contribution in [0.15, 0.2) is 60.7 Å². The molecule has 0 bridgehead atoms. The minimum absolute atomic E-state index is 1.31. The van der Waals surface area contributed by atoms with E-state index in [2.05, 4.69) is 74.5 Å². The molecule has 0 heterocycles. The predicted octanol–water partition coefficient (Wildman–Crippen LogP) is 5.76. The fraction of sp³-hybridized carbons (Fsp3) is 0.100. The number of fused-ring (bicyclic) bond motifs is 4. The van der Waals surface area contributed by atoms with Crippen LogP contribution in [0.3, 0.4) is 0 Å². The first-order valence-electron chi connectivity index (χ1n) is 7.05. The first kappa shape index (κ1) is 11.5. The second-order valence-corrected chi connectivity index (χ2v) is 5.59. The van der Waals surface area contributed by atoms with Crippen molar-refractivity contribution in [2.45, 2.75) is 13.8 Å². The van der Waals surface area contributed by atoms with Crippen LogP contribution in [0.2, 0.25) is 0 Å². The first-order chi connectivity index (χ1) is 9.74. The topological polar surface area (TPSA) is 0 Å². The van der Waals surface area contributed by atoms with E-state index < -0.39 is 0 Å². The van der Waals surface area contributed by atoms with Gasteiger partial charge in [-0.1, -0.05) is 48.5 Å². The van der Waals surface area contributed by atoms with Gasteiger partial charge in [-0.05, 0) is 69.4 Å². The summed E-state index contributed by atoms with van der Waals surface area (Å²) in [6, 6.07) is 22.2. The molecule has 0 fully saturated rings. The molecule has 0 nitrogen and oxygen atoms in total. The Kier molecular flexibility index (Phi) is 2.34. The van der Waals surface area contributed by atoms with Gasteiger partial charge in [-0.2, -0.15) is 0 Å². The average molecular weight is 256 g/mol. The van der Waals surface area contributed by atoms with Gasteiger partial charge in [-0.3, -0.25) is 0 Å². The van der Waals surface area contributed by atoms with Crippen LogP contribution in [0.25, 0.3) is 32.3 Å². The maximum atomic E-state index is 2.32. The van der Waals surface area contributed by atoms with Gasteiger partial charge in [0.15, 0.2) is 0 Å². The summed E-state index contributed by atoms with van der Waals surface area (Å²) in [6.07, 6.45) is 0. The Bertz CT molecular complexity index is 962. The van der Waals surface area contributed by atoms with E-state index in [0.29, 0.717) is 0 Å². The molecule has 0 atom stereocenters. The van der Waals surface area contributed by atoms with E-state index in [1.54, 1.807) is 0 Å². The molecule has 0 aromatic heterocycles. The third kappa shape index (κ3) is 1.55. The molecule has 0 N–H and O–H groups in total. The standard InChI is InChI=1S/C20H16/c1-13-7-9-19-18(14(13)2)10-8-17-11-15-5-3-4-6-16(15)12-20(17)19/h3-12H,1-2H3. The maximum absolute atomic E-state index is 2.32. The lowest BCUT2D eigenvalue weighted by molar-refractivity contribution is 1.38. The Hall–Kier alpha value is -2.34. The van der Waals surface area contributed by atoms with Gasteiger partial charge in [0.1, 0.15) is 0 Å². The van der Waals surface area contributed by atoms with Crippen LogP contribution in [0.5, 0.6) is 0 Å². The third-order valence-corrected chi connectivity index (χ3v) is 4.42. The van der Waals surface area contributed by atoms with Gasteiger partial charge >= 0.3 is 0 Å². The molecular weight excluding hydrogens is 240 g/mol. The summed E-state index contributed by atoms with van der Waals surface area (Å²) in [4.78, 5) is 0. The molecule has 4 rings (SSSR count). The highest BCUT2D eigenvalue weighted by Crippen LogP contribution is 2.31. The lowest BCUT2D eigenvalue weighted by atomic mass is 9.94. The highest BCUT2D eigenvalue weighted by atomic mass is 14.1. The Morgan fingerprint density at radius 1 is 0.550 bits per heavy atom. The Morgan fingerprint density at radius 2 is 1.25 bits per heavy atom. The highest BCUT2D eigenvalue weighted by Gasteiger charge is 2.05. The van der Waals surface area contributed by atoms with Crippen molar-refractivity contribution < 1.29 is 0 Å². The van der Waals surface area contributed by atoms with Crippen LogP contribution in [0.1, 0.15) is 11.1 Å². The van der Waals surface area contributed by atoms with E-state index in [0.717, 1.165) is 0 Å². The van der Waals surface area contributed by atoms with E-state index in [-0.39, 0.29) is 0 Å². The van der Waals surface area contributed by atoms with Crippen molar-refractivity contribution in [3.8, 4) is 0 Å². The molecule has 0 aliphatic rings. The van der Waals surface area contributed by atoms with E-state index in [9.17, 15) is 0 Å². The van der Waals surface area contributed by atoms with Crippen LogP contribution >= 0.6 is 0 Å². The molecule has 0 heteroatoms. The molecule has 4 aromatic rings. The summed E-state index contributed by atoms with van der Waals surface area (Å²) in [5.74, 6) is 0. The molecule has 0 spiro atoms. The van der Waals surface area contributed by atoms with E-state index in [4.69, 9.17) is 0 Å². The van der Waals surface area contributed by atoms with Crippen LogP contribution < -0.4 is 0 Å². The third-order valence-electron chi connectivity index (χ3n) is 4.42. The van der Waals surface area contributed by atoms with Gasteiger partial charge in [0.2, 0.25) is 0 Å². The second kappa shape index (κ2) is 4.08. The molecule has 0 aliphatic carbocycles. The molecule has 0 saturated carbocycles. The fourth-order valence-electron chi connectivity index (χ4n) is 3.09. The molecule has 0 saturated heterocycles. The SMILES string of the molecule is Cc1ccc2c(ccc3cc4ccccc4cc32)c1C. The van der Waals surface area contributed by atoms with Crippen LogP contribution in [-0.4, -0.2) is 0 Å². The zero-order valence-corrected chi connectivity index (χ0v) is 11.8. The first-order valence-corrected chi connectivity index (χ1v) is 7.05. The summed E-state index contributed by atoms with van der Waals surface area (Å²) >= 11 is 0. The minimum atomic E-state index is 1.31. The summed E-state index contributed by atoms with van der Waals surface area (Å²) in [5, 5.41) is 8.02.